The number of carbonyl (C=O) groups excluding carboxylic acids is 1. The van der Waals surface area contributed by atoms with E-state index in [1.54, 1.807) is 7.11 Å². The van der Waals surface area contributed by atoms with Crippen molar-refractivity contribution in [2.75, 3.05) is 12.5 Å². The first-order valence-electron chi connectivity index (χ1n) is 7.80. The van der Waals surface area contributed by atoms with E-state index in [1.807, 2.05) is 53.9 Å². The molecule has 1 aliphatic rings. The van der Waals surface area contributed by atoms with Gasteiger partial charge in [0.15, 0.2) is 5.78 Å². The van der Waals surface area contributed by atoms with Crippen molar-refractivity contribution in [1.29, 1.82) is 0 Å². The van der Waals surface area contributed by atoms with E-state index in [0.29, 0.717) is 11.6 Å². The van der Waals surface area contributed by atoms with Gasteiger partial charge in [0, 0.05) is 22.1 Å². The predicted molar refractivity (Wildman–Crippen MR) is 99.7 cm³/mol. The molecule has 0 spiro atoms. The van der Waals surface area contributed by atoms with E-state index in [0.717, 1.165) is 33.8 Å². The second-order valence-corrected chi connectivity index (χ2v) is 6.44. The zero-order chi connectivity index (χ0) is 17.2. The van der Waals surface area contributed by atoms with Gasteiger partial charge in [0.2, 0.25) is 5.13 Å². The molecule has 124 valence electrons. The number of aromatic nitrogens is 1. The Morgan fingerprint density at radius 1 is 1.12 bits per heavy atom. The Hall–Kier alpha value is -2.99. The van der Waals surface area contributed by atoms with Gasteiger partial charge in [-0.25, -0.2) is 4.98 Å². The van der Waals surface area contributed by atoms with Crippen molar-refractivity contribution in [2.24, 2.45) is 5.10 Å². The van der Waals surface area contributed by atoms with Gasteiger partial charge in [-0.15, -0.1) is 11.3 Å². The predicted octanol–water partition coefficient (Wildman–Crippen LogP) is 4.22. The Labute approximate surface area is 149 Å². The fourth-order valence-corrected chi connectivity index (χ4v) is 3.42. The number of carbonyl (C=O) groups is 1. The number of nitrogens with one attached hydrogen (secondary N) is 1. The summed E-state index contributed by atoms with van der Waals surface area (Å²) in [5.74, 6) is 0.919. The van der Waals surface area contributed by atoms with Crippen LogP contribution in [0.2, 0.25) is 0 Å². The molecule has 0 amide bonds. The number of benzene rings is 2. The molecule has 1 aliphatic carbocycles. The van der Waals surface area contributed by atoms with Crippen LogP contribution in [0.15, 0.2) is 59.0 Å². The lowest BCUT2D eigenvalue weighted by Crippen LogP contribution is -2.00. The van der Waals surface area contributed by atoms with E-state index in [2.05, 4.69) is 15.5 Å². The van der Waals surface area contributed by atoms with Gasteiger partial charge < -0.3 is 4.74 Å². The van der Waals surface area contributed by atoms with Crippen LogP contribution in [0.1, 0.15) is 22.3 Å². The molecule has 3 aromatic rings. The summed E-state index contributed by atoms with van der Waals surface area (Å²) in [5, 5.41) is 7.05. The number of ketones is 1. The van der Waals surface area contributed by atoms with Crippen LogP contribution in [0.4, 0.5) is 5.13 Å². The topological polar surface area (TPSA) is 63.6 Å². The average Bonchev–Trinajstić information content (AvgIpc) is 3.25. The zero-order valence-corrected chi connectivity index (χ0v) is 14.3. The lowest BCUT2D eigenvalue weighted by atomic mass is 10.1. The Morgan fingerprint density at radius 3 is 2.64 bits per heavy atom. The van der Waals surface area contributed by atoms with Crippen LogP contribution in [0, 0.1) is 0 Å². The van der Waals surface area contributed by atoms with Crippen molar-refractivity contribution >= 4 is 28.0 Å². The Kier molecular flexibility index (Phi) is 4.03. The number of nitrogens with zero attached hydrogens (tertiary/aromatic N) is 2. The number of hydrazone groups is 1. The van der Waals surface area contributed by atoms with E-state index in [1.165, 1.54) is 11.3 Å². The molecule has 5 nitrogen and oxygen atoms in total. The minimum atomic E-state index is 0.106. The van der Waals surface area contributed by atoms with Crippen molar-refractivity contribution in [3.63, 3.8) is 0 Å². The molecule has 0 saturated heterocycles. The third-order valence-corrected chi connectivity index (χ3v) is 4.79. The largest absolute Gasteiger partial charge is 0.497 e. The number of rotatable bonds is 4. The smallest absolute Gasteiger partial charge is 0.203 e. The fourth-order valence-electron chi connectivity index (χ4n) is 2.75. The summed E-state index contributed by atoms with van der Waals surface area (Å²) in [7, 11) is 1.64. The van der Waals surface area contributed by atoms with Crippen LogP contribution < -0.4 is 10.2 Å². The van der Waals surface area contributed by atoms with Crippen LogP contribution in [0.5, 0.6) is 5.75 Å². The summed E-state index contributed by atoms with van der Waals surface area (Å²) < 4.78 is 5.17. The molecule has 2 aromatic carbocycles. The molecule has 0 aliphatic heterocycles. The number of ether oxygens (including phenoxy) is 1. The van der Waals surface area contributed by atoms with Gasteiger partial charge in [0.05, 0.1) is 24.9 Å². The van der Waals surface area contributed by atoms with Crippen LogP contribution >= 0.6 is 11.3 Å². The third kappa shape index (κ3) is 3.04. The van der Waals surface area contributed by atoms with E-state index in [9.17, 15) is 4.79 Å². The first-order valence-corrected chi connectivity index (χ1v) is 8.67. The van der Waals surface area contributed by atoms with E-state index >= 15 is 0 Å². The SMILES string of the molecule is COc1ccc(-c2csc(NN=C3CC(=O)c4ccccc43)n2)cc1. The maximum Gasteiger partial charge on any atom is 0.203 e. The number of Topliss-reactive ketones (excluding diaryl/α,β-unsaturated/α-hetero) is 1. The molecule has 1 aromatic heterocycles. The molecule has 4 rings (SSSR count). The van der Waals surface area contributed by atoms with E-state index in [4.69, 9.17) is 4.74 Å². The first kappa shape index (κ1) is 15.5. The highest BCUT2D eigenvalue weighted by Gasteiger charge is 2.24. The van der Waals surface area contributed by atoms with Crippen molar-refractivity contribution in [1.82, 2.24) is 4.98 Å². The molecule has 25 heavy (non-hydrogen) atoms. The summed E-state index contributed by atoms with van der Waals surface area (Å²) in [6.07, 6.45) is 0.322. The summed E-state index contributed by atoms with van der Waals surface area (Å²) in [6, 6.07) is 15.3. The lowest BCUT2D eigenvalue weighted by molar-refractivity contribution is 0.101. The number of hydrogen-bond acceptors (Lipinski definition) is 6. The highest BCUT2D eigenvalue weighted by Crippen LogP contribution is 2.27. The van der Waals surface area contributed by atoms with Crippen molar-refractivity contribution < 1.29 is 9.53 Å². The van der Waals surface area contributed by atoms with Gasteiger partial charge >= 0.3 is 0 Å². The van der Waals surface area contributed by atoms with Gasteiger partial charge in [-0.05, 0) is 24.3 Å². The van der Waals surface area contributed by atoms with Gasteiger partial charge in [0.1, 0.15) is 5.75 Å². The molecule has 0 radical (unpaired) electrons. The molecule has 6 heteroatoms. The standard InChI is InChI=1S/C19H15N3O2S/c1-24-13-8-6-12(7-9-13)17-11-25-19(20-17)22-21-16-10-18(23)15-5-3-2-4-14(15)16/h2-9,11H,10H2,1H3,(H,20,22). The molecule has 0 atom stereocenters. The Morgan fingerprint density at radius 2 is 1.88 bits per heavy atom. The third-order valence-electron chi connectivity index (χ3n) is 4.04. The number of anilines is 1. The van der Waals surface area contributed by atoms with Crippen LogP contribution in [-0.2, 0) is 0 Å². The molecular weight excluding hydrogens is 334 g/mol. The van der Waals surface area contributed by atoms with Crippen molar-refractivity contribution in [3.8, 4) is 17.0 Å². The van der Waals surface area contributed by atoms with Crippen LogP contribution in [-0.4, -0.2) is 23.6 Å². The summed E-state index contributed by atoms with van der Waals surface area (Å²) in [6.45, 7) is 0. The van der Waals surface area contributed by atoms with Crippen LogP contribution in [0.25, 0.3) is 11.3 Å². The van der Waals surface area contributed by atoms with Gasteiger partial charge in [-0.2, -0.15) is 5.10 Å². The number of thiazole rings is 1. The maximum absolute atomic E-state index is 12.0. The average molecular weight is 349 g/mol. The van der Waals surface area contributed by atoms with Crippen molar-refractivity contribution in [3.05, 3.63) is 65.0 Å². The first-order chi connectivity index (χ1) is 12.2. The molecule has 0 bridgehead atoms. The van der Waals surface area contributed by atoms with E-state index in [-0.39, 0.29) is 5.78 Å². The normalized spacial score (nSPS) is 14.6. The monoisotopic (exact) mass is 349 g/mol. The Balaban J connectivity index is 1.53. The quantitative estimate of drug-likeness (QED) is 0.716. The zero-order valence-electron chi connectivity index (χ0n) is 13.5. The maximum atomic E-state index is 12.0. The van der Waals surface area contributed by atoms with Gasteiger partial charge in [-0.3, -0.25) is 10.2 Å². The summed E-state index contributed by atoms with van der Waals surface area (Å²) in [5.41, 5.74) is 7.25. The highest BCUT2D eigenvalue weighted by molar-refractivity contribution is 7.14. The fraction of sp³-hybridized carbons (Fsp3) is 0.105. The lowest BCUT2D eigenvalue weighted by Gasteiger charge is -2.01. The summed E-state index contributed by atoms with van der Waals surface area (Å²) in [4.78, 5) is 16.5. The minimum absolute atomic E-state index is 0.106. The Bertz CT molecular complexity index is 961. The van der Waals surface area contributed by atoms with E-state index < -0.39 is 0 Å². The second-order valence-electron chi connectivity index (χ2n) is 5.58. The molecular formula is C19H15N3O2S. The number of fused-ring (bicyclic) bond motifs is 1. The molecule has 0 fully saturated rings. The summed E-state index contributed by atoms with van der Waals surface area (Å²) >= 11 is 1.47. The van der Waals surface area contributed by atoms with Gasteiger partial charge in [-0.1, -0.05) is 24.3 Å². The number of hydrogen-bond donors (Lipinski definition) is 1. The molecule has 1 heterocycles. The molecule has 0 saturated carbocycles. The van der Waals surface area contributed by atoms with Crippen molar-refractivity contribution in [2.45, 2.75) is 6.42 Å². The molecule has 0 unspecified atom stereocenters. The molecule has 1 N–H and O–H groups in total. The highest BCUT2D eigenvalue weighted by atomic mass is 32.1. The second kappa shape index (κ2) is 6.49. The van der Waals surface area contributed by atoms with Crippen LogP contribution in [0.3, 0.4) is 0 Å². The van der Waals surface area contributed by atoms with Gasteiger partial charge in [0.25, 0.3) is 0 Å². The minimum Gasteiger partial charge on any atom is -0.497 e. The number of methoxy groups -OCH3 is 1.